The molecule has 3 aromatic carbocycles. The van der Waals surface area contributed by atoms with Gasteiger partial charge < -0.3 is 14.2 Å². The van der Waals surface area contributed by atoms with Crippen LogP contribution in [0.4, 0.5) is 0 Å². The first-order valence-corrected chi connectivity index (χ1v) is 16.8. The van der Waals surface area contributed by atoms with Crippen molar-refractivity contribution in [1.82, 2.24) is 0 Å². The number of allylic oxidation sites excluding steroid dienone is 1. The maximum Gasteiger partial charge on any atom is 0.336 e. The molecule has 240 valence electrons. The average molecular weight is 611 g/mol. The number of rotatable bonds is 22. The van der Waals surface area contributed by atoms with Crippen molar-refractivity contribution in [2.24, 2.45) is 0 Å². The summed E-state index contributed by atoms with van der Waals surface area (Å²) in [6.45, 7) is 5.88. The van der Waals surface area contributed by atoms with Gasteiger partial charge in [0.05, 0.1) is 13.2 Å². The number of benzene rings is 3. The minimum atomic E-state index is -0.490. The van der Waals surface area contributed by atoms with E-state index in [0.29, 0.717) is 17.9 Å². The summed E-state index contributed by atoms with van der Waals surface area (Å²) in [7, 11) is 0. The van der Waals surface area contributed by atoms with Crippen molar-refractivity contribution in [3.63, 3.8) is 0 Å². The van der Waals surface area contributed by atoms with Crippen LogP contribution in [0.3, 0.4) is 0 Å². The summed E-state index contributed by atoms with van der Waals surface area (Å²) < 4.78 is 17.0. The normalized spacial score (nSPS) is 11.2. The van der Waals surface area contributed by atoms with Gasteiger partial charge in [-0.05, 0) is 84.7 Å². The Labute approximate surface area is 270 Å². The maximum absolute atomic E-state index is 12.7. The Morgan fingerprint density at radius 1 is 0.511 bits per heavy atom. The fourth-order valence-electron chi connectivity index (χ4n) is 4.76. The highest BCUT2D eigenvalue weighted by Gasteiger charge is 2.05. The number of ketones is 1. The van der Waals surface area contributed by atoms with Gasteiger partial charge in [0.15, 0.2) is 5.78 Å². The zero-order chi connectivity index (χ0) is 32.0. The van der Waals surface area contributed by atoms with E-state index in [-0.39, 0.29) is 5.78 Å². The van der Waals surface area contributed by atoms with Gasteiger partial charge in [-0.15, -0.1) is 0 Å². The van der Waals surface area contributed by atoms with Gasteiger partial charge in [-0.2, -0.15) is 0 Å². The lowest BCUT2D eigenvalue weighted by Gasteiger charge is -2.06. The molecule has 0 aliphatic heterocycles. The van der Waals surface area contributed by atoms with Crippen molar-refractivity contribution in [2.45, 2.75) is 90.9 Å². The van der Waals surface area contributed by atoms with Gasteiger partial charge in [0.2, 0.25) is 0 Å². The number of hydrogen-bond acceptors (Lipinski definition) is 5. The minimum absolute atomic E-state index is 0.129. The molecule has 0 aliphatic carbocycles. The quantitative estimate of drug-likeness (QED) is 0.0372. The van der Waals surface area contributed by atoms with Crippen LogP contribution in [0.1, 0.15) is 112 Å². The largest absolute Gasteiger partial charge is 0.494 e. The van der Waals surface area contributed by atoms with E-state index in [1.54, 1.807) is 42.5 Å². The summed E-state index contributed by atoms with van der Waals surface area (Å²) in [5.41, 5.74) is 2.31. The van der Waals surface area contributed by atoms with Gasteiger partial charge in [0.25, 0.3) is 0 Å². The molecule has 0 amide bonds. The number of carbonyl (C=O) groups is 2. The first kappa shape index (κ1) is 35.4. The zero-order valence-corrected chi connectivity index (χ0v) is 27.2. The van der Waals surface area contributed by atoms with Crippen molar-refractivity contribution in [1.29, 1.82) is 0 Å². The number of ether oxygens (including phenoxy) is 3. The van der Waals surface area contributed by atoms with Crippen molar-refractivity contribution < 1.29 is 23.8 Å². The van der Waals surface area contributed by atoms with E-state index >= 15 is 0 Å². The van der Waals surface area contributed by atoms with E-state index < -0.39 is 5.97 Å². The molecule has 0 saturated carbocycles. The third-order valence-corrected chi connectivity index (χ3v) is 7.49. The van der Waals surface area contributed by atoms with E-state index in [1.807, 2.05) is 48.5 Å². The van der Waals surface area contributed by atoms with E-state index in [1.165, 1.54) is 70.3 Å². The maximum atomic E-state index is 12.7. The Hall–Kier alpha value is -4.12. The number of hydrogen-bond donors (Lipinski definition) is 0. The van der Waals surface area contributed by atoms with Crippen LogP contribution in [0.5, 0.6) is 17.2 Å². The first-order chi connectivity index (χ1) is 22.1. The fourth-order valence-corrected chi connectivity index (χ4v) is 4.76. The van der Waals surface area contributed by atoms with Crippen LogP contribution >= 0.6 is 0 Å². The number of esters is 1. The molecule has 0 N–H and O–H groups in total. The second-order valence-corrected chi connectivity index (χ2v) is 11.3. The molecule has 0 spiro atoms. The van der Waals surface area contributed by atoms with E-state index in [0.717, 1.165) is 42.1 Å². The summed E-state index contributed by atoms with van der Waals surface area (Å²) >= 11 is 0. The highest BCUT2D eigenvalue weighted by Crippen LogP contribution is 2.18. The van der Waals surface area contributed by atoms with Crippen LogP contribution in [-0.2, 0) is 4.79 Å². The Balaban J connectivity index is 1.36. The first-order valence-electron chi connectivity index (χ1n) is 16.8. The number of unbranched alkanes of at least 4 members (excludes halogenated alkanes) is 10. The lowest BCUT2D eigenvalue weighted by molar-refractivity contribution is -0.128. The Kier molecular flexibility index (Phi) is 16.9. The lowest BCUT2D eigenvalue weighted by Crippen LogP contribution is -2.04. The fraction of sp³-hybridized carbons (Fsp3) is 0.400. The van der Waals surface area contributed by atoms with Crippen LogP contribution in [0.15, 0.2) is 84.9 Å². The Morgan fingerprint density at radius 2 is 0.933 bits per heavy atom. The van der Waals surface area contributed by atoms with E-state index in [9.17, 15) is 9.59 Å². The van der Waals surface area contributed by atoms with Crippen LogP contribution in [0.2, 0.25) is 0 Å². The molecule has 0 fully saturated rings. The van der Waals surface area contributed by atoms with Gasteiger partial charge in [-0.1, -0.05) is 108 Å². The molecule has 0 saturated heterocycles. The molecule has 45 heavy (non-hydrogen) atoms. The molecule has 0 radical (unpaired) electrons. The van der Waals surface area contributed by atoms with Crippen molar-refractivity contribution in [3.05, 3.63) is 102 Å². The minimum Gasteiger partial charge on any atom is -0.494 e. The molecule has 3 aromatic rings. The molecule has 3 rings (SSSR count). The Bertz CT molecular complexity index is 1300. The number of carbonyl (C=O) groups excluding carboxylic acids is 2. The van der Waals surface area contributed by atoms with Crippen LogP contribution in [0.25, 0.3) is 12.2 Å². The van der Waals surface area contributed by atoms with Gasteiger partial charge >= 0.3 is 5.97 Å². The predicted molar refractivity (Wildman–Crippen MR) is 185 cm³/mol. The summed E-state index contributed by atoms with van der Waals surface area (Å²) in [6, 6.07) is 21.9. The summed E-state index contributed by atoms with van der Waals surface area (Å²) in [6.07, 6.45) is 21.3. The third-order valence-electron chi connectivity index (χ3n) is 7.49. The molecule has 0 aliphatic rings. The SMILES string of the molecule is CCCCCCCCCCOc1ccc(/C=C/C(=O)c2ccc(OC(=O)/C=C/c3ccc(OCCCCCC)cc3)cc2)cc1. The third kappa shape index (κ3) is 14.9. The smallest absolute Gasteiger partial charge is 0.336 e. The lowest BCUT2D eigenvalue weighted by atomic mass is 10.1. The molecule has 0 bridgehead atoms. The van der Waals surface area contributed by atoms with Crippen LogP contribution < -0.4 is 14.2 Å². The molecule has 5 nitrogen and oxygen atoms in total. The van der Waals surface area contributed by atoms with Crippen molar-refractivity contribution in [2.75, 3.05) is 13.2 Å². The predicted octanol–water partition coefficient (Wildman–Crippen LogP) is 10.7. The summed E-state index contributed by atoms with van der Waals surface area (Å²) in [5.74, 6) is 1.42. The van der Waals surface area contributed by atoms with Gasteiger partial charge in [0, 0.05) is 11.6 Å². The Morgan fingerprint density at radius 3 is 1.44 bits per heavy atom. The summed E-state index contributed by atoms with van der Waals surface area (Å²) in [4.78, 5) is 25.0. The van der Waals surface area contributed by atoms with Crippen LogP contribution in [-0.4, -0.2) is 25.0 Å². The van der Waals surface area contributed by atoms with Crippen molar-refractivity contribution >= 4 is 23.9 Å². The highest BCUT2D eigenvalue weighted by atomic mass is 16.5. The van der Waals surface area contributed by atoms with E-state index in [2.05, 4.69) is 13.8 Å². The molecule has 0 aromatic heterocycles. The molecule has 0 heterocycles. The molecule has 5 heteroatoms. The van der Waals surface area contributed by atoms with Gasteiger partial charge in [0.1, 0.15) is 17.2 Å². The molecule has 0 unspecified atom stereocenters. The molecular weight excluding hydrogens is 560 g/mol. The zero-order valence-electron chi connectivity index (χ0n) is 27.2. The van der Waals surface area contributed by atoms with Crippen molar-refractivity contribution in [3.8, 4) is 17.2 Å². The van der Waals surface area contributed by atoms with Gasteiger partial charge in [-0.25, -0.2) is 4.79 Å². The van der Waals surface area contributed by atoms with Crippen LogP contribution in [0, 0.1) is 0 Å². The highest BCUT2D eigenvalue weighted by molar-refractivity contribution is 6.06. The standard InChI is InChI=1S/C40H50O5/c1-3-5-7-9-10-11-12-14-32-44-36-23-15-33(16-24-36)19-29-39(41)35-21-27-38(28-22-35)45-40(42)30-20-34-17-25-37(26-18-34)43-31-13-8-6-4-2/h15-30H,3-14,31-32H2,1-2H3/b29-19+,30-20+. The van der Waals surface area contributed by atoms with E-state index in [4.69, 9.17) is 14.2 Å². The monoisotopic (exact) mass is 610 g/mol. The topological polar surface area (TPSA) is 61.8 Å². The van der Waals surface area contributed by atoms with Gasteiger partial charge in [-0.3, -0.25) is 4.79 Å². The average Bonchev–Trinajstić information content (AvgIpc) is 3.07. The molecular formula is C40H50O5. The second-order valence-electron chi connectivity index (χ2n) is 11.3. The summed E-state index contributed by atoms with van der Waals surface area (Å²) in [5, 5.41) is 0. The second kappa shape index (κ2) is 21.6. The molecule has 0 atom stereocenters.